The van der Waals surface area contributed by atoms with Crippen LogP contribution in [0.3, 0.4) is 0 Å². The van der Waals surface area contributed by atoms with Crippen molar-refractivity contribution in [3.63, 3.8) is 0 Å². The fraction of sp³-hybridized carbons (Fsp3) is 0.760. The summed E-state index contributed by atoms with van der Waals surface area (Å²) in [6.45, 7) is 6.51. The van der Waals surface area contributed by atoms with Crippen LogP contribution in [0.5, 0.6) is 5.75 Å². The van der Waals surface area contributed by atoms with E-state index < -0.39 is 0 Å². The molecule has 0 saturated carbocycles. The SMILES string of the molecule is CCCCCCCCC(S)c1cc(C)c(O)c(C(S)CCCCCCCC)c1. The molecule has 0 bridgehead atoms. The molecule has 0 aliphatic carbocycles. The number of thiol groups is 2. The lowest BCUT2D eigenvalue weighted by atomic mass is 9.96. The maximum absolute atomic E-state index is 10.6. The van der Waals surface area contributed by atoms with E-state index >= 15 is 0 Å². The van der Waals surface area contributed by atoms with Gasteiger partial charge in [-0.1, -0.05) is 97.0 Å². The zero-order chi connectivity index (χ0) is 20.8. The first kappa shape index (κ1) is 25.8. The van der Waals surface area contributed by atoms with Crippen molar-refractivity contribution in [1.82, 2.24) is 0 Å². The fourth-order valence-corrected chi connectivity index (χ4v) is 4.55. The summed E-state index contributed by atoms with van der Waals surface area (Å²) in [5.74, 6) is 0.426. The number of phenolic OH excluding ortho intramolecular Hbond substituents is 1. The van der Waals surface area contributed by atoms with Gasteiger partial charge in [-0.2, -0.15) is 25.3 Å². The van der Waals surface area contributed by atoms with Gasteiger partial charge in [0.05, 0.1) is 0 Å². The van der Waals surface area contributed by atoms with Crippen molar-refractivity contribution in [3.8, 4) is 5.75 Å². The lowest BCUT2D eigenvalue weighted by Gasteiger charge is -2.19. The van der Waals surface area contributed by atoms with Crippen molar-refractivity contribution in [3.05, 3.63) is 28.8 Å². The topological polar surface area (TPSA) is 20.2 Å². The summed E-state index contributed by atoms with van der Waals surface area (Å²) >= 11 is 9.70. The molecule has 0 heterocycles. The van der Waals surface area contributed by atoms with Crippen molar-refractivity contribution in [2.24, 2.45) is 0 Å². The molecule has 0 amide bonds. The Bertz CT molecular complexity index is 530. The number of rotatable bonds is 16. The number of aryl methyl sites for hydroxylation is 1. The zero-order valence-corrected chi connectivity index (χ0v) is 20.3. The highest BCUT2D eigenvalue weighted by molar-refractivity contribution is 7.80. The molecule has 2 unspecified atom stereocenters. The molecule has 1 aromatic rings. The predicted octanol–water partition coefficient (Wildman–Crippen LogP) is 9.14. The number of benzene rings is 1. The standard InChI is InChI=1S/C25H44OS2/c1-4-6-8-10-12-14-16-23(27)21-18-20(3)25(26)22(19-21)24(28)17-15-13-11-9-7-5-2/h18-19,23-24,26-28H,4-17H2,1-3H3. The van der Waals surface area contributed by atoms with Gasteiger partial charge in [0.2, 0.25) is 0 Å². The van der Waals surface area contributed by atoms with E-state index in [2.05, 4.69) is 26.0 Å². The minimum absolute atomic E-state index is 0.111. The minimum atomic E-state index is 0.111. The Morgan fingerprint density at radius 2 is 1.18 bits per heavy atom. The Balaban J connectivity index is 2.54. The molecule has 0 aliphatic heterocycles. The monoisotopic (exact) mass is 424 g/mol. The molecule has 1 N–H and O–H groups in total. The number of phenols is 1. The molecule has 1 nitrogen and oxygen atoms in total. The highest BCUT2D eigenvalue weighted by atomic mass is 32.1. The van der Waals surface area contributed by atoms with E-state index in [-0.39, 0.29) is 10.5 Å². The van der Waals surface area contributed by atoms with Crippen LogP contribution in [0.25, 0.3) is 0 Å². The molecule has 2 atom stereocenters. The van der Waals surface area contributed by atoms with E-state index in [0.717, 1.165) is 24.0 Å². The number of hydrogen-bond acceptors (Lipinski definition) is 3. The van der Waals surface area contributed by atoms with Crippen LogP contribution >= 0.6 is 25.3 Å². The average Bonchev–Trinajstić information content (AvgIpc) is 2.68. The van der Waals surface area contributed by atoms with Gasteiger partial charge in [-0.3, -0.25) is 0 Å². The molecule has 162 valence electrons. The third-order valence-electron chi connectivity index (χ3n) is 5.76. The second-order valence-corrected chi connectivity index (χ2v) is 9.67. The summed E-state index contributed by atoms with van der Waals surface area (Å²) in [5.41, 5.74) is 3.19. The first-order valence-corrected chi connectivity index (χ1v) is 12.7. The third kappa shape index (κ3) is 9.96. The maximum atomic E-state index is 10.6. The van der Waals surface area contributed by atoms with Crippen LogP contribution in [0, 0.1) is 6.92 Å². The van der Waals surface area contributed by atoms with Crippen molar-refractivity contribution >= 4 is 25.3 Å². The number of aromatic hydroxyl groups is 1. The minimum Gasteiger partial charge on any atom is -0.507 e. The summed E-state index contributed by atoms with van der Waals surface area (Å²) in [5, 5.41) is 10.9. The van der Waals surface area contributed by atoms with E-state index in [1.807, 2.05) is 6.92 Å². The highest BCUT2D eigenvalue weighted by Crippen LogP contribution is 2.39. The second kappa shape index (κ2) is 15.5. The normalized spacial score (nSPS) is 13.6. The molecular formula is C25H44OS2. The Morgan fingerprint density at radius 1 is 0.714 bits per heavy atom. The Kier molecular flexibility index (Phi) is 14.3. The quantitative estimate of drug-likeness (QED) is 0.178. The maximum Gasteiger partial charge on any atom is 0.122 e. The molecule has 0 aliphatic rings. The smallest absolute Gasteiger partial charge is 0.122 e. The zero-order valence-electron chi connectivity index (χ0n) is 18.6. The third-order valence-corrected chi connectivity index (χ3v) is 6.85. The molecule has 0 spiro atoms. The van der Waals surface area contributed by atoms with Crippen LogP contribution in [0.4, 0.5) is 0 Å². The predicted molar refractivity (Wildman–Crippen MR) is 132 cm³/mol. The summed E-state index contributed by atoms with van der Waals surface area (Å²) in [6.07, 6.45) is 17.8. The van der Waals surface area contributed by atoms with Gasteiger partial charge in [0.25, 0.3) is 0 Å². The molecule has 0 aromatic heterocycles. The van der Waals surface area contributed by atoms with Gasteiger partial charge in [-0.15, -0.1) is 0 Å². The van der Waals surface area contributed by atoms with Gasteiger partial charge >= 0.3 is 0 Å². The van der Waals surface area contributed by atoms with Crippen LogP contribution in [0.15, 0.2) is 12.1 Å². The number of unbranched alkanes of at least 4 members (excludes halogenated alkanes) is 10. The summed E-state index contributed by atoms with van der Waals surface area (Å²) in [4.78, 5) is 0. The molecule has 0 saturated heterocycles. The molecule has 1 aromatic carbocycles. The Hall–Kier alpha value is -0.280. The van der Waals surface area contributed by atoms with Crippen molar-refractivity contribution in [2.45, 2.75) is 121 Å². The molecular weight excluding hydrogens is 380 g/mol. The molecule has 3 heteroatoms. The summed E-state index contributed by atoms with van der Waals surface area (Å²) in [7, 11) is 0. The molecule has 0 fully saturated rings. The second-order valence-electron chi connectivity index (χ2n) is 8.42. The average molecular weight is 425 g/mol. The first-order chi connectivity index (χ1) is 13.5. The van der Waals surface area contributed by atoms with Crippen LogP contribution in [0.2, 0.25) is 0 Å². The van der Waals surface area contributed by atoms with Gasteiger partial charge < -0.3 is 5.11 Å². The summed E-state index contributed by atoms with van der Waals surface area (Å²) in [6, 6.07) is 4.27. The van der Waals surface area contributed by atoms with E-state index in [0.29, 0.717) is 5.75 Å². The van der Waals surface area contributed by atoms with Crippen molar-refractivity contribution in [1.29, 1.82) is 0 Å². The van der Waals surface area contributed by atoms with Gasteiger partial charge in [-0.05, 0) is 37.0 Å². The van der Waals surface area contributed by atoms with Crippen LogP contribution in [-0.2, 0) is 0 Å². The van der Waals surface area contributed by atoms with Crippen molar-refractivity contribution < 1.29 is 5.11 Å². The van der Waals surface area contributed by atoms with E-state index in [1.54, 1.807) is 0 Å². The molecule has 28 heavy (non-hydrogen) atoms. The van der Waals surface area contributed by atoms with Crippen LogP contribution in [0.1, 0.15) is 131 Å². The Morgan fingerprint density at radius 3 is 1.71 bits per heavy atom. The lowest BCUT2D eigenvalue weighted by Crippen LogP contribution is -1.99. The van der Waals surface area contributed by atoms with Gasteiger partial charge in [-0.25, -0.2) is 0 Å². The lowest BCUT2D eigenvalue weighted by molar-refractivity contribution is 0.460. The van der Waals surface area contributed by atoms with Crippen LogP contribution < -0.4 is 0 Å². The van der Waals surface area contributed by atoms with Gasteiger partial charge in [0.15, 0.2) is 0 Å². The van der Waals surface area contributed by atoms with Crippen LogP contribution in [-0.4, -0.2) is 5.11 Å². The Labute approximate surface area is 185 Å². The summed E-state index contributed by atoms with van der Waals surface area (Å²) < 4.78 is 0. The largest absolute Gasteiger partial charge is 0.507 e. The van der Waals surface area contributed by atoms with E-state index in [9.17, 15) is 5.11 Å². The van der Waals surface area contributed by atoms with Gasteiger partial charge in [0, 0.05) is 16.1 Å². The highest BCUT2D eigenvalue weighted by Gasteiger charge is 2.17. The first-order valence-electron chi connectivity index (χ1n) is 11.7. The van der Waals surface area contributed by atoms with Gasteiger partial charge in [0.1, 0.15) is 5.75 Å². The fourth-order valence-electron chi connectivity index (χ4n) is 3.84. The number of hydrogen-bond donors (Lipinski definition) is 3. The molecule has 0 radical (unpaired) electrons. The van der Waals surface area contributed by atoms with E-state index in [1.165, 1.54) is 82.6 Å². The molecule has 1 rings (SSSR count). The van der Waals surface area contributed by atoms with Crippen molar-refractivity contribution in [2.75, 3.05) is 0 Å². The van der Waals surface area contributed by atoms with E-state index in [4.69, 9.17) is 25.3 Å².